The number of carbonyl (C=O) groups is 1. The number of H-pyrrole nitrogens is 1. The highest BCUT2D eigenvalue weighted by atomic mass is 16.6. The molecule has 0 saturated heterocycles. The van der Waals surface area contributed by atoms with E-state index < -0.39 is 4.92 Å². The van der Waals surface area contributed by atoms with Crippen LogP contribution in [0.2, 0.25) is 0 Å². The number of rotatable bonds is 3. The van der Waals surface area contributed by atoms with Crippen LogP contribution < -0.4 is 5.32 Å². The van der Waals surface area contributed by atoms with Gasteiger partial charge in [0.05, 0.1) is 16.2 Å². The molecule has 2 aromatic heterocycles. The van der Waals surface area contributed by atoms with Crippen LogP contribution in [0.15, 0.2) is 30.3 Å². The molecule has 1 amide bonds. The summed E-state index contributed by atoms with van der Waals surface area (Å²) < 4.78 is 1.79. The number of hydrogen-bond acceptors (Lipinski definition) is 4. The number of nitro benzene ring substituents is 1. The summed E-state index contributed by atoms with van der Waals surface area (Å²) in [5.74, 6) is 0.201. The summed E-state index contributed by atoms with van der Waals surface area (Å²) in [6.45, 7) is 12.2. The van der Waals surface area contributed by atoms with Crippen LogP contribution in [0.5, 0.6) is 0 Å². The highest BCUT2D eigenvalue weighted by Crippen LogP contribution is 2.29. The number of nitrogens with one attached hydrogen (secondary N) is 2. The third kappa shape index (κ3) is 3.62. The van der Waals surface area contributed by atoms with Gasteiger partial charge in [0.15, 0.2) is 0 Å². The Morgan fingerprint density at radius 2 is 1.86 bits per heavy atom. The Morgan fingerprint density at radius 3 is 2.43 bits per heavy atom. The lowest BCUT2D eigenvalue weighted by molar-refractivity contribution is -0.383. The first-order chi connectivity index (χ1) is 12.9. The average molecular weight is 383 g/mol. The summed E-state index contributed by atoms with van der Waals surface area (Å²) >= 11 is 0. The van der Waals surface area contributed by atoms with Crippen molar-refractivity contribution in [3.8, 4) is 0 Å². The Bertz CT molecular complexity index is 1060. The van der Waals surface area contributed by atoms with Crippen molar-refractivity contribution in [3.05, 3.63) is 51.8 Å². The lowest BCUT2D eigenvalue weighted by atomic mass is 9.92. The average Bonchev–Trinajstić information content (AvgIpc) is 3.17. The van der Waals surface area contributed by atoms with Crippen LogP contribution in [0.25, 0.3) is 10.9 Å². The molecule has 8 nitrogen and oxygen atoms in total. The molecule has 0 aliphatic rings. The van der Waals surface area contributed by atoms with E-state index in [1.807, 2.05) is 26.8 Å². The molecule has 3 aromatic rings. The Hall–Kier alpha value is -3.16. The van der Waals surface area contributed by atoms with Crippen molar-refractivity contribution in [2.45, 2.75) is 52.5 Å². The lowest BCUT2D eigenvalue weighted by Gasteiger charge is -2.22. The van der Waals surface area contributed by atoms with Gasteiger partial charge in [-0.3, -0.25) is 14.9 Å². The standard InChI is InChI=1S/C20H25N5O3/c1-19(2,3)15-11-16(24(23-15)20(4,5)6)22-18(26)13-10-12-8-7-9-14(25(27)28)17(12)21-13/h7-11,21H,1-6H3,(H,22,26). The first-order valence-electron chi connectivity index (χ1n) is 9.06. The van der Waals surface area contributed by atoms with E-state index in [4.69, 9.17) is 0 Å². The van der Waals surface area contributed by atoms with E-state index in [1.54, 1.807) is 22.9 Å². The molecule has 8 heteroatoms. The molecule has 0 saturated carbocycles. The Morgan fingerprint density at radius 1 is 1.18 bits per heavy atom. The number of nitro groups is 1. The molecular weight excluding hydrogens is 358 g/mol. The number of amides is 1. The number of nitrogens with zero attached hydrogens (tertiary/aromatic N) is 3. The third-order valence-corrected chi connectivity index (χ3v) is 4.43. The molecule has 2 N–H and O–H groups in total. The van der Waals surface area contributed by atoms with Gasteiger partial charge < -0.3 is 10.3 Å². The zero-order valence-corrected chi connectivity index (χ0v) is 17.0. The molecule has 0 bridgehead atoms. The fraction of sp³-hybridized carbons (Fsp3) is 0.400. The van der Waals surface area contributed by atoms with Crippen LogP contribution in [0.1, 0.15) is 57.7 Å². The SMILES string of the molecule is CC(C)(C)c1cc(NC(=O)c2cc3cccc([N+](=O)[O-])c3[nH]2)n(C(C)(C)C)n1. The van der Waals surface area contributed by atoms with Crippen LogP contribution in [-0.2, 0) is 11.0 Å². The summed E-state index contributed by atoms with van der Waals surface area (Å²) in [5, 5.41) is 19.4. The predicted molar refractivity (Wildman–Crippen MR) is 109 cm³/mol. The zero-order chi connectivity index (χ0) is 20.9. The minimum atomic E-state index is -0.467. The van der Waals surface area contributed by atoms with Gasteiger partial charge in [-0.15, -0.1) is 0 Å². The number of non-ortho nitro benzene ring substituents is 1. The second kappa shape index (κ2) is 6.47. The fourth-order valence-electron chi connectivity index (χ4n) is 2.95. The van der Waals surface area contributed by atoms with Crippen molar-refractivity contribution in [2.24, 2.45) is 0 Å². The molecule has 3 rings (SSSR count). The molecular formula is C20H25N5O3. The van der Waals surface area contributed by atoms with Crippen LogP contribution in [0.4, 0.5) is 11.5 Å². The summed E-state index contributed by atoms with van der Waals surface area (Å²) in [4.78, 5) is 26.5. The number of benzene rings is 1. The third-order valence-electron chi connectivity index (χ3n) is 4.43. The minimum Gasteiger partial charge on any atom is -0.345 e. The van der Waals surface area contributed by atoms with Crippen LogP contribution in [-0.4, -0.2) is 25.6 Å². The molecule has 148 valence electrons. The van der Waals surface area contributed by atoms with Crippen molar-refractivity contribution in [1.29, 1.82) is 0 Å². The van der Waals surface area contributed by atoms with E-state index in [1.165, 1.54) is 6.07 Å². The molecule has 0 aliphatic heterocycles. The van der Waals surface area contributed by atoms with Crippen molar-refractivity contribution in [2.75, 3.05) is 5.32 Å². The normalized spacial score (nSPS) is 12.4. The molecule has 0 fully saturated rings. The van der Waals surface area contributed by atoms with Gasteiger partial charge in [-0.2, -0.15) is 5.10 Å². The van der Waals surface area contributed by atoms with E-state index in [0.29, 0.717) is 16.7 Å². The molecule has 0 spiro atoms. The molecule has 0 unspecified atom stereocenters. The van der Waals surface area contributed by atoms with Crippen molar-refractivity contribution in [3.63, 3.8) is 0 Å². The Kier molecular flexibility index (Phi) is 4.53. The van der Waals surface area contributed by atoms with Gasteiger partial charge in [0.1, 0.15) is 17.0 Å². The highest BCUT2D eigenvalue weighted by Gasteiger charge is 2.26. The van der Waals surface area contributed by atoms with Gasteiger partial charge in [0.25, 0.3) is 11.6 Å². The van der Waals surface area contributed by atoms with E-state index in [0.717, 1.165) is 5.69 Å². The lowest BCUT2D eigenvalue weighted by Crippen LogP contribution is -2.27. The van der Waals surface area contributed by atoms with Crippen LogP contribution >= 0.6 is 0 Å². The maximum Gasteiger partial charge on any atom is 0.293 e. The number of para-hydroxylation sites is 1. The minimum absolute atomic E-state index is 0.0636. The van der Waals surface area contributed by atoms with Crippen LogP contribution in [0.3, 0.4) is 0 Å². The van der Waals surface area contributed by atoms with Gasteiger partial charge in [-0.1, -0.05) is 32.9 Å². The van der Waals surface area contributed by atoms with E-state index in [2.05, 4.69) is 36.2 Å². The van der Waals surface area contributed by atoms with Gasteiger partial charge in [-0.05, 0) is 26.8 Å². The predicted octanol–water partition coefficient (Wildman–Crippen LogP) is 4.58. The largest absolute Gasteiger partial charge is 0.345 e. The van der Waals surface area contributed by atoms with Gasteiger partial charge in [-0.25, -0.2) is 4.68 Å². The number of anilines is 1. The molecule has 0 aliphatic carbocycles. The number of fused-ring (bicyclic) bond motifs is 1. The van der Waals surface area contributed by atoms with Gasteiger partial charge in [0, 0.05) is 22.9 Å². The quantitative estimate of drug-likeness (QED) is 0.510. The van der Waals surface area contributed by atoms with Gasteiger partial charge >= 0.3 is 0 Å². The summed E-state index contributed by atoms with van der Waals surface area (Å²) in [6.07, 6.45) is 0. The summed E-state index contributed by atoms with van der Waals surface area (Å²) in [7, 11) is 0. The molecule has 2 heterocycles. The maximum absolute atomic E-state index is 12.8. The number of hydrogen-bond donors (Lipinski definition) is 2. The number of carbonyl (C=O) groups excluding carboxylic acids is 1. The van der Waals surface area contributed by atoms with E-state index >= 15 is 0 Å². The molecule has 0 radical (unpaired) electrons. The van der Waals surface area contributed by atoms with Crippen molar-refractivity contribution in [1.82, 2.24) is 14.8 Å². The van der Waals surface area contributed by atoms with E-state index in [9.17, 15) is 14.9 Å². The monoisotopic (exact) mass is 383 g/mol. The van der Waals surface area contributed by atoms with Crippen molar-refractivity contribution < 1.29 is 9.72 Å². The highest BCUT2D eigenvalue weighted by molar-refractivity contribution is 6.06. The second-order valence-corrected chi connectivity index (χ2v) is 8.88. The first kappa shape index (κ1) is 19.6. The Labute approximate surface area is 163 Å². The zero-order valence-electron chi connectivity index (χ0n) is 17.0. The number of aromatic nitrogens is 3. The topological polar surface area (TPSA) is 106 Å². The molecule has 28 heavy (non-hydrogen) atoms. The van der Waals surface area contributed by atoms with E-state index in [-0.39, 0.29) is 28.2 Å². The summed E-state index contributed by atoms with van der Waals surface area (Å²) in [6, 6.07) is 8.21. The number of aromatic amines is 1. The summed E-state index contributed by atoms with van der Waals surface area (Å²) in [5.41, 5.74) is 0.889. The van der Waals surface area contributed by atoms with Crippen molar-refractivity contribution >= 4 is 28.3 Å². The molecule has 0 atom stereocenters. The first-order valence-corrected chi connectivity index (χ1v) is 9.06. The molecule has 1 aromatic carbocycles. The fourth-order valence-corrected chi connectivity index (χ4v) is 2.95. The Balaban J connectivity index is 1.99. The smallest absolute Gasteiger partial charge is 0.293 e. The second-order valence-electron chi connectivity index (χ2n) is 8.88. The van der Waals surface area contributed by atoms with Gasteiger partial charge in [0.2, 0.25) is 0 Å². The van der Waals surface area contributed by atoms with Crippen LogP contribution in [0, 0.1) is 10.1 Å². The maximum atomic E-state index is 12.8.